The molecule has 0 spiro atoms. The van der Waals surface area contributed by atoms with Crippen molar-refractivity contribution in [2.75, 3.05) is 39.8 Å². The highest BCUT2D eigenvalue weighted by Crippen LogP contribution is 2.08. The third-order valence-electron chi connectivity index (χ3n) is 5.36. The van der Waals surface area contributed by atoms with Crippen LogP contribution < -0.4 is 5.32 Å². The van der Waals surface area contributed by atoms with Crippen molar-refractivity contribution >= 4 is 12.0 Å². The smallest absolute Gasteiger partial charge is 0.194 e. The van der Waals surface area contributed by atoms with Crippen LogP contribution in [0.3, 0.4) is 0 Å². The number of hydrogen-bond donors (Lipinski definition) is 1. The van der Waals surface area contributed by atoms with E-state index in [0.29, 0.717) is 6.54 Å². The van der Waals surface area contributed by atoms with Gasteiger partial charge in [0, 0.05) is 64.9 Å². The van der Waals surface area contributed by atoms with Gasteiger partial charge < -0.3 is 10.2 Å². The quantitative estimate of drug-likeness (QED) is 0.495. The molecule has 31 heavy (non-hydrogen) atoms. The Balaban J connectivity index is 1.25. The first-order chi connectivity index (χ1) is 15.3. The first-order valence-electron chi connectivity index (χ1n) is 10.7. The second-order valence-corrected chi connectivity index (χ2v) is 7.47. The van der Waals surface area contributed by atoms with E-state index in [-0.39, 0.29) is 0 Å². The molecule has 7 heteroatoms. The van der Waals surface area contributed by atoms with E-state index in [1.807, 2.05) is 43.7 Å². The lowest BCUT2D eigenvalue weighted by Crippen LogP contribution is -2.52. The Kier molecular flexibility index (Phi) is 7.08. The minimum Gasteiger partial charge on any atom is -0.352 e. The van der Waals surface area contributed by atoms with E-state index < -0.39 is 0 Å². The van der Waals surface area contributed by atoms with E-state index in [0.717, 1.165) is 50.1 Å². The minimum absolute atomic E-state index is 0.698. The number of hydrogen-bond acceptors (Lipinski definition) is 4. The van der Waals surface area contributed by atoms with Gasteiger partial charge in [0.05, 0.1) is 0 Å². The summed E-state index contributed by atoms with van der Waals surface area (Å²) in [5.74, 6) is 1.76. The van der Waals surface area contributed by atoms with Crippen molar-refractivity contribution in [3.8, 4) is 5.82 Å². The summed E-state index contributed by atoms with van der Waals surface area (Å²) in [5.41, 5.74) is 2.39. The van der Waals surface area contributed by atoms with E-state index in [1.54, 1.807) is 10.9 Å². The summed E-state index contributed by atoms with van der Waals surface area (Å²) in [6, 6.07) is 16.4. The molecule has 0 amide bonds. The lowest BCUT2D eigenvalue weighted by molar-refractivity contribution is 0.194. The zero-order chi connectivity index (χ0) is 21.3. The van der Waals surface area contributed by atoms with Crippen LogP contribution in [0.4, 0.5) is 0 Å². The summed E-state index contributed by atoms with van der Waals surface area (Å²) >= 11 is 0. The van der Waals surface area contributed by atoms with Crippen LogP contribution in [0.5, 0.6) is 0 Å². The number of aliphatic imine (C=N–C) groups is 1. The molecular formula is C24H29N7. The molecule has 1 aliphatic rings. The second kappa shape index (κ2) is 10.5. The maximum absolute atomic E-state index is 4.49. The summed E-state index contributed by atoms with van der Waals surface area (Å²) in [5, 5.41) is 7.74. The lowest BCUT2D eigenvalue weighted by atomic mass is 10.2. The van der Waals surface area contributed by atoms with Crippen LogP contribution in [0, 0.1) is 0 Å². The molecule has 0 saturated carbocycles. The van der Waals surface area contributed by atoms with Gasteiger partial charge in [-0.25, -0.2) is 9.67 Å². The molecule has 160 valence electrons. The molecule has 0 bridgehead atoms. The van der Waals surface area contributed by atoms with E-state index >= 15 is 0 Å². The van der Waals surface area contributed by atoms with Crippen LogP contribution in [0.2, 0.25) is 0 Å². The number of nitrogens with one attached hydrogen (secondary N) is 1. The maximum Gasteiger partial charge on any atom is 0.194 e. The molecule has 0 aliphatic carbocycles. The predicted molar refractivity (Wildman–Crippen MR) is 125 cm³/mol. The van der Waals surface area contributed by atoms with Crippen LogP contribution in [0.25, 0.3) is 11.9 Å². The van der Waals surface area contributed by atoms with Crippen LogP contribution in [0.1, 0.15) is 11.1 Å². The minimum atomic E-state index is 0.698. The molecule has 3 heterocycles. The first-order valence-corrected chi connectivity index (χ1v) is 10.7. The van der Waals surface area contributed by atoms with E-state index in [1.165, 1.54) is 5.56 Å². The number of nitrogens with zero attached hydrogens (tertiary/aromatic N) is 6. The Morgan fingerprint density at radius 3 is 2.65 bits per heavy atom. The van der Waals surface area contributed by atoms with Crippen molar-refractivity contribution < 1.29 is 0 Å². The highest BCUT2D eigenvalue weighted by atomic mass is 15.3. The summed E-state index contributed by atoms with van der Waals surface area (Å²) < 4.78 is 1.77. The Bertz CT molecular complexity index is 988. The van der Waals surface area contributed by atoms with Gasteiger partial charge in [0.2, 0.25) is 0 Å². The average molecular weight is 416 g/mol. The Morgan fingerprint density at radius 1 is 1.06 bits per heavy atom. The highest BCUT2D eigenvalue weighted by Gasteiger charge is 2.18. The molecule has 1 N–H and O–H groups in total. The largest absolute Gasteiger partial charge is 0.352 e. The van der Waals surface area contributed by atoms with Crippen molar-refractivity contribution in [1.29, 1.82) is 0 Å². The van der Waals surface area contributed by atoms with Gasteiger partial charge in [-0.05, 0) is 29.3 Å². The van der Waals surface area contributed by atoms with Gasteiger partial charge in [0.25, 0.3) is 0 Å². The monoisotopic (exact) mass is 415 g/mol. The van der Waals surface area contributed by atoms with E-state index in [2.05, 4.69) is 66.6 Å². The van der Waals surface area contributed by atoms with Crippen LogP contribution >= 0.6 is 0 Å². The standard InChI is InChI=1S/C24H29N7/c1-25-24(27-20-22-10-12-26-23(19-22)31-14-6-11-28-31)30-17-15-29(16-18-30)13-5-9-21-7-3-2-4-8-21/h2-12,14,19H,13,15-18,20H2,1H3,(H,25,27)/b9-5+. The number of pyridine rings is 1. The normalized spacial score (nSPS) is 15.5. The lowest BCUT2D eigenvalue weighted by Gasteiger charge is -2.36. The zero-order valence-corrected chi connectivity index (χ0v) is 17.9. The van der Waals surface area contributed by atoms with Gasteiger partial charge in [0.1, 0.15) is 0 Å². The molecule has 3 aromatic rings. The van der Waals surface area contributed by atoms with Crippen LogP contribution in [0.15, 0.2) is 78.2 Å². The molecule has 1 aliphatic heterocycles. The summed E-state index contributed by atoms with van der Waals surface area (Å²) in [7, 11) is 1.85. The van der Waals surface area contributed by atoms with Crippen molar-refractivity contribution in [2.45, 2.75) is 6.54 Å². The Morgan fingerprint density at radius 2 is 1.90 bits per heavy atom. The molecular weight excluding hydrogens is 386 g/mol. The molecule has 1 aromatic carbocycles. The SMILES string of the molecule is CN=C(NCc1ccnc(-n2cccn2)c1)N1CCN(C/C=C/c2ccccc2)CC1. The number of benzene rings is 1. The fraction of sp³-hybridized carbons (Fsp3) is 0.292. The molecule has 1 fully saturated rings. The maximum atomic E-state index is 4.49. The van der Waals surface area contributed by atoms with Gasteiger partial charge in [-0.3, -0.25) is 9.89 Å². The third-order valence-corrected chi connectivity index (χ3v) is 5.36. The Hall–Kier alpha value is -3.45. The number of piperazine rings is 1. The summed E-state index contributed by atoms with van der Waals surface area (Å²) in [6.07, 6.45) is 9.91. The fourth-order valence-corrected chi connectivity index (χ4v) is 3.66. The van der Waals surface area contributed by atoms with Crippen molar-refractivity contribution in [3.05, 3.63) is 84.3 Å². The number of rotatable bonds is 6. The van der Waals surface area contributed by atoms with Gasteiger partial charge in [-0.1, -0.05) is 42.5 Å². The third kappa shape index (κ3) is 5.79. The Labute approximate surface area is 183 Å². The molecule has 2 aromatic heterocycles. The predicted octanol–water partition coefficient (Wildman–Crippen LogP) is 2.67. The van der Waals surface area contributed by atoms with Gasteiger partial charge in [0.15, 0.2) is 11.8 Å². The van der Waals surface area contributed by atoms with Crippen LogP contribution in [-0.2, 0) is 6.54 Å². The van der Waals surface area contributed by atoms with Gasteiger partial charge in [-0.2, -0.15) is 5.10 Å². The molecule has 0 radical (unpaired) electrons. The molecule has 1 saturated heterocycles. The van der Waals surface area contributed by atoms with Crippen molar-refractivity contribution in [2.24, 2.45) is 4.99 Å². The number of guanidine groups is 1. The van der Waals surface area contributed by atoms with E-state index in [9.17, 15) is 0 Å². The summed E-state index contributed by atoms with van der Waals surface area (Å²) in [6.45, 7) is 5.66. The van der Waals surface area contributed by atoms with Crippen LogP contribution in [-0.4, -0.2) is 70.3 Å². The van der Waals surface area contributed by atoms with Gasteiger partial charge in [-0.15, -0.1) is 0 Å². The zero-order valence-electron chi connectivity index (χ0n) is 17.9. The molecule has 0 unspecified atom stereocenters. The second-order valence-electron chi connectivity index (χ2n) is 7.47. The summed E-state index contributed by atoms with van der Waals surface area (Å²) in [4.78, 5) is 13.7. The molecule has 4 rings (SSSR count). The van der Waals surface area contributed by atoms with Crippen molar-refractivity contribution in [1.82, 2.24) is 29.9 Å². The molecule has 7 nitrogen and oxygen atoms in total. The number of aromatic nitrogens is 3. The highest BCUT2D eigenvalue weighted by molar-refractivity contribution is 5.80. The van der Waals surface area contributed by atoms with Crippen molar-refractivity contribution in [3.63, 3.8) is 0 Å². The molecule has 0 atom stereocenters. The average Bonchev–Trinajstić information content (AvgIpc) is 3.37. The fourth-order valence-electron chi connectivity index (χ4n) is 3.66. The first kappa shape index (κ1) is 20.8. The van der Waals surface area contributed by atoms with Gasteiger partial charge >= 0.3 is 0 Å². The topological polar surface area (TPSA) is 61.6 Å². The van der Waals surface area contributed by atoms with E-state index in [4.69, 9.17) is 0 Å².